The Morgan fingerprint density at radius 3 is 2.42 bits per heavy atom. The Morgan fingerprint density at radius 2 is 1.65 bits per heavy atom. The Labute approximate surface area is 167 Å². The zero-order chi connectivity index (χ0) is 18.2. The molecule has 0 fully saturated rings. The number of hydrogen-bond acceptors (Lipinski definition) is 3. The molecule has 0 spiro atoms. The molecule has 0 amide bonds. The van der Waals surface area contributed by atoms with Gasteiger partial charge in [-0.3, -0.25) is 0 Å². The number of rotatable bonds is 8. The van der Waals surface area contributed by atoms with Crippen molar-refractivity contribution in [3.05, 3.63) is 88.4 Å². The minimum atomic E-state index is 0.539. The summed E-state index contributed by atoms with van der Waals surface area (Å²) < 4.78 is 12.9. The van der Waals surface area contributed by atoms with Crippen molar-refractivity contribution in [2.75, 3.05) is 5.75 Å². The van der Waals surface area contributed by atoms with Gasteiger partial charge in [-0.1, -0.05) is 49.4 Å². The Morgan fingerprint density at radius 1 is 0.846 bits per heavy atom. The predicted molar refractivity (Wildman–Crippen MR) is 113 cm³/mol. The summed E-state index contributed by atoms with van der Waals surface area (Å²) in [7, 11) is 0. The monoisotopic (exact) mass is 428 g/mol. The van der Waals surface area contributed by atoms with E-state index >= 15 is 0 Å². The van der Waals surface area contributed by atoms with E-state index in [-0.39, 0.29) is 0 Å². The molecule has 0 heterocycles. The average Bonchev–Trinajstić information content (AvgIpc) is 2.68. The summed E-state index contributed by atoms with van der Waals surface area (Å²) in [6.07, 6.45) is 0. The Balaban J connectivity index is 1.65. The van der Waals surface area contributed by atoms with Crippen LogP contribution in [0.25, 0.3) is 0 Å². The first-order valence-corrected chi connectivity index (χ1v) is 10.5. The highest BCUT2D eigenvalue weighted by Crippen LogP contribution is 2.32. The van der Waals surface area contributed by atoms with E-state index in [0.717, 1.165) is 38.8 Å². The van der Waals surface area contributed by atoms with Crippen molar-refractivity contribution in [3.8, 4) is 17.2 Å². The molecule has 0 saturated heterocycles. The highest BCUT2D eigenvalue weighted by atomic mass is 79.9. The number of hydrogen-bond donors (Lipinski definition) is 0. The molecule has 0 aromatic heterocycles. The van der Waals surface area contributed by atoms with Gasteiger partial charge in [0.15, 0.2) is 0 Å². The van der Waals surface area contributed by atoms with Crippen LogP contribution >= 0.6 is 27.7 Å². The standard InChI is InChI=1S/C22H21BrO2S/c1-2-26-16-18-11-12-22(21(23)13-18)25-20-10-6-9-19(14-20)24-15-17-7-4-3-5-8-17/h3-14H,2,15-16H2,1H3. The Kier molecular flexibility index (Phi) is 7.04. The van der Waals surface area contributed by atoms with Crippen LogP contribution in [0.3, 0.4) is 0 Å². The largest absolute Gasteiger partial charge is 0.489 e. The van der Waals surface area contributed by atoms with E-state index in [1.54, 1.807) is 0 Å². The second-order valence-electron chi connectivity index (χ2n) is 5.75. The van der Waals surface area contributed by atoms with Crippen molar-refractivity contribution >= 4 is 27.7 Å². The van der Waals surface area contributed by atoms with E-state index in [2.05, 4.69) is 47.1 Å². The van der Waals surface area contributed by atoms with Crippen LogP contribution in [0.4, 0.5) is 0 Å². The summed E-state index contributed by atoms with van der Waals surface area (Å²) >= 11 is 5.52. The predicted octanol–water partition coefficient (Wildman–Crippen LogP) is 7.07. The fourth-order valence-electron chi connectivity index (χ4n) is 2.43. The smallest absolute Gasteiger partial charge is 0.141 e. The molecule has 26 heavy (non-hydrogen) atoms. The van der Waals surface area contributed by atoms with Crippen molar-refractivity contribution in [2.45, 2.75) is 19.3 Å². The van der Waals surface area contributed by atoms with E-state index in [9.17, 15) is 0 Å². The fourth-order valence-corrected chi connectivity index (χ4v) is 3.56. The summed E-state index contributed by atoms with van der Waals surface area (Å²) in [5, 5.41) is 0. The average molecular weight is 429 g/mol. The molecular formula is C22H21BrO2S. The summed E-state index contributed by atoms with van der Waals surface area (Å²) in [6, 6.07) is 24.1. The van der Waals surface area contributed by atoms with E-state index in [4.69, 9.17) is 9.47 Å². The lowest BCUT2D eigenvalue weighted by atomic mass is 10.2. The molecule has 0 aliphatic carbocycles. The van der Waals surface area contributed by atoms with E-state index in [1.807, 2.05) is 60.3 Å². The number of halogens is 1. The van der Waals surface area contributed by atoms with Crippen LogP contribution in [0.2, 0.25) is 0 Å². The lowest BCUT2D eigenvalue weighted by Crippen LogP contribution is -1.95. The lowest BCUT2D eigenvalue weighted by Gasteiger charge is -2.11. The highest BCUT2D eigenvalue weighted by molar-refractivity contribution is 9.10. The van der Waals surface area contributed by atoms with Gasteiger partial charge in [-0.2, -0.15) is 11.8 Å². The molecule has 0 unspecified atom stereocenters. The first kappa shape index (κ1) is 18.9. The van der Waals surface area contributed by atoms with Gasteiger partial charge in [0.25, 0.3) is 0 Å². The normalized spacial score (nSPS) is 10.5. The first-order chi connectivity index (χ1) is 12.7. The van der Waals surface area contributed by atoms with Crippen LogP contribution in [0.15, 0.2) is 77.3 Å². The molecule has 0 aliphatic rings. The maximum absolute atomic E-state index is 6.03. The minimum Gasteiger partial charge on any atom is -0.489 e. The highest BCUT2D eigenvalue weighted by Gasteiger charge is 2.06. The molecule has 2 nitrogen and oxygen atoms in total. The van der Waals surface area contributed by atoms with Gasteiger partial charge < -0.3 is 9.47 Å². The van der Waals surface area contributed by atoms with Crippen LogP contribution < -0.4 is 9.47 Å². The second kappa shape index (κ2) is 9.70. The molecule has 134 valence electrons. The Hall–Kier alpha value is -1.91. The first-order valence-electron chi connectivity index (χ1n) is 8.55. The van der Waals surface area contributed by atoms with Crippen LogP contribution in [0, 0.1) is 0 Å². The van der Waals surface area contributed by atoms with Gasteiger partial charge in [0.05, 0.1) is 4.47 Å². The molecule has 3 rings (SSSR count). The van der Waals surface area contributed by atoms with Crippen LogP contribution in [0.5, 0.6) is 17.2 Å². The molecule has 0 saturated carbocycles. The molecule has 3 aromatic carbocycles. The van der Waals surface area contributed by atoms with Crippen molar-refractivity contribution in [3.63, 3.8) is 0 Å². The zero-order valence-electron chi connectivity index (χ0n) is 14.7. The molecule has 0 aliphatic heterocycles. The van der Waals surface area contributed by atoms with Gasteiger partial charge in [-0.15, -0.1) is 0 Å². The van der Waals surface area contributed by atoms with Gasteiger partial charge in [0.1, 0.15) is 23.9 Å². The summed E-state index contributed by atoms with van der Waals surface area (Å²) in [4.78, 5) is 0. The van der Waals surface area contributed by atoms with Crippen LogP contribution in [-0.4, -0.2) is 5.75 Å². The quantitative estimate of drug-likeness (QED) is 0.381. The minimum absolute atomic E-state index is 0.539. The van der Waals surface area contributed by atoms with E-state index in [0.29, 0.717) is 6.61 Å². The summed E-state index contributed by atoms with van der Waals surface area (Å²) in [5.41, 5.74) is 2.43. The maximum Gasteiger partial charge on any atom is 0.141 e. The van der Waals surface area contributed by atoms with Crippen molar-refractivity contribution in [1.82, 2.24) is 0 Å². The molecule has 3 aromatic rings. The molecule has 0 atom stereocenters. The zero-order valence-corrected chi connectivity index (χ0v) is 17.1. The maximum atomic E-state index is 6.03. The molecule has 0 radical (unpaired) electrons. The van der Waals surface area contributed by atoms with Gasteiger partial charge >= 0.3 is 0 Å². The van der Waals surface area contributed by atoms with E-state index < -0.39 is 0 Å². The SMILES string of the molecule is CCSCc1ccc(Oc2cccc(OCc3ccccc3)c2)c(Br)c1. The van der Waals surface area contributed by atoms with E-state index in [1.165, 1.54) is 5.56 Å². The molecule has 0 bridgehead atoms. The number of ether oxygens (including phenoxy) is 2. The third-order valence-corrected chi connectivity index (χ3v) is 5.32. The summed E-state index contributed by atoms with van der Waals surface area (Å²) in [5.74, 6) is 4.48. The van der Waals surface area contributed by atoms with Crippen LogP contribution in [0.1, 0.15) is 18.1 Å². The lowest BCUT2D eigenvalue weighted by molar-refractivity contribution is 0.304. The number of benzene rings is 3. The molecular weight excluding hydrogens is 408 g/mol. The van der Waals surface area contributed by atoms with Gasteiger partial charge in [-0.25, -0.2) is 0 Å². The van der Waals surface area contributed by atoms with Crippen molar-refractivity contribution in [1.29, 1.82) is 0 Å². The topological polar surface area (TPSA) is 18.5 Å². The van der Waals surface area contributed by atoms with Gasteiger partial charge in [0.2, 0.25) is 0 Å². The van der Waals surface area contributed by atoms with Crippen molar-refractivity contribution < 1.29 is 9.47 Å². The third kappa shape index (κ3) is 5.55. The third-order valence-electron chi connectivity index (χ3n) is 3.75. The molecule has 0 N–H and O–H groups in total. The van der Waals surface area contributed by atoms with Gasteiger partial charge in [-0.05, 0) is 57.1 Å². The van der Waals surface area contributed by atoms with Gasteiger partial charge in [0, 0.05) is 11.8 Å². The fraction of sp³-hybridized carbons (Fsp3) is 0.182. The second-order valence-corrected chi connectivity index (χ2v) is 7.88. The number of thioether (sulfide) groups is 1. The summed E-state index contributed by atoms with van der Waals surface area (Å²) in [6.45, 7) is 2.71. The van der Waals surface area contributed by atoms with Crippen molar-refractivity contribution in [2.24, 2.45) is 0 Å². The molecule has 4 heteroatoms. The Bertz CT molecular complexity index is 837. The van der Waals surface area contributed by atoms with Crippen LogP contribution in [-0.2, 0) is 12.4 Å².